The van der Waals surface area contributed by atoms with Gasteiger partial charge in [-0.3, -0.25) is 0 Å². The summed E-state index contributed by atoms with van der Waals surface area (Å²) >= 11 is 0. The van der Waals surface area contributed by atoms with Gasteiger partial charge in [-0.15, -0.1) is 0 Å². The van der Waals surface area contributed by atoms with E-state index in [4.69, 9.17) is 0 Å². The van der Waals surface area contributed by atoms with Crippen molar-refractivity contribution < 1.29 is 0 Å². The van der Waals surface area contributed by atoms with E-state index in [2.05, 4.69) is 26.1 Å². The number of rotatable bonds is 2. The van der Waals surface area contributed by atoms with Crippen LogP contribution in [0.5, 0.6) is 0 Å². The standard InChI is InChI=1S/C13H25N/c1-12(2,3)13(8-5-9-14-13)10-11-6-4-7-11/h11,14H,4-10H2,1-3H3. The van der Waals surface area contributed by atoms with Crippen LogP contribution in [-0.4, -0.2) is 12.1 Å². The van der Waals surface area contributed by atoms with Crippen LogP contribution in [-0.2, 0) is 0 Å². The number of hydrogen-bond donors (Lipinski definition) is 1. The van der Waals surface area contributed by atoms with Crippen LogP contribution in [0.1, 0.15) is 59.3 Å². The van der Waals surface area contributed by atoms with Crippen LogP contribution >= 0.6 is 0 Å². The fourth-order valence-electron chi connectivity index (χ4n) is 3.12. The Morgan fingerprint density at radius 1 is 1.21 bits per heavy atom. The molecule has 1 aliphatic heterocycles. The molecule has 0 amide bonds. The summed E-state index contributed by atoms with van der Waals surface area (Å²) in [6.07, 6.45) is 8.65. The van der Waals surface area contributed by atoms with E-state index >= 15 is 0 Å². The van der Waals surface area contributed by atoms with Gasteiger partial charge in [-0.1, -0.05) is 40.0 Å². The van der Waals surface area contributed by atoms with Crippen molar-refractivity contribution in [1.29, 1.82) is 0 Å². The summed E-state index contributed by atoms with van der Waals surface area (Å²) in [7, 11) is 0. The van der Waals surface area contributed by atoms with E-state index in [1.807, 2.05) is 0 Å². The second kappa shape index (κ2) is 3.52. The van der Waals surface area contributed by atoms with Crippen LogP contribution < -0.4 is 5.32 Å². The van der Waals surface area contributed by atoms with Gasteiger partial charge in [0.05, 0.1) is 0 Å². The molecule has 1 unspecified atom stereocenters. The second-order valence-corrected chi connectivity index (χ2v) is 6.36. The highest BCUT2D eigenvalue weighted by atomic mass is 15.0. The van der Waals surface area contributed by atoms with Crippen molar-refractivity contribution >= 4 is 0 Å². The van der Waals surface area contributed by atoms with Crippen LogP contribution in [0.25, 0.3) is 0 Å². The van der Waals surface area contributed by atoms with E-state index in [0.717, 1.165) is 5.92 Å². The molecule has 2 fully saturated rings. The average Bonchev–Trinajstić information content (AvgIpc) is 2.44. The first kappa shape index (κ1) is 10.5. The molecule has 1 heteroatoms. The molecular formula is C13H25N. The van der Waals surface area contributed by atoms with Crippen LogP contribution in [0.3, 0.4) is 0 Å². The van der Waals surface area contributed by atoms with E-state index in [-0.39, 0.29) is 0 Å². The summed E-state index contributed by atoms with van der Waals surface area (Å²) in [5.41, 5.74) is 0.886. The third-order valence-corrected chi connectivity index (χ3v) is 4.54. The van der Waals surface area contributed by atoms with E-state index < -0.39 is 0 Å². The van der Waals surface area contributed by atoms with Gasteiger partial charge in [-0.25, -0.2) is 0 Å². The molecule has 0 aromatic carbocycles. The van der Waals surface area contributed by atoms with Crippen molar-refractivity contribution in [3.8, 4) is 0 Å². The highest BCUT2D eigenvalue weighted by Crippen LogP contribution is 2.45. The Kier molecular flexibility index (Phi) is 2.63. The smallest absolute Gasteiger partial charge is 0.0232 e. The maximum atomic E-state index is 3.81. The first-order chi connectivity index (χ1) is 6.54. The fraction of sp³-hybridized carbons (Fsp3) is 1.00. The summed E-state index contributed by atoms with van der Waals surface area (Å²) in [5, 5.41) is 3.81. The zero-order valence-corrected chi connectivity index (χ0v) is 10.0. The van der Waals surface area contributed by atoms with Gasteiger partial charge in [-0.2, -0.15) is 0 Å². The van der Waals surface area contributed by atoms with Crippen LogP contribution in [0.15, 0.2) is 0 Å². The average molecular weight is 195 g/mol. The summed E-state index contributed by atoms with van der Waals surface area (Å²) in [5.74, 6) is 1.03. The predicted octanol–water partition coefficient (Wildman–Crippen LogP) is 3.34. The molecular weight excluding hydrogens is 170 g/mol. The molecule has 2 rings (SSSR count). The van der Waals surface area contributed by atoms with E-state index in [9.17, 15) is 0 Å². The third-order valence-electron chi connectivity index (χ3n) is 4.54. The third kappa shape index (κ3) is 1.71. The Bertz CT molecular complexity index is 192. The van der Waals surface area contributed by atoms with Crippen molar-refractivity contribution in [2.75, 3.05) is 6.54 Å². The molecule has 0 aromatic heterocycles. The normalized spacial score (nSPS) is 34.5. The lowest BCUT2D eigenvalue weighted by atomic mass is 9.65. The molecule has 0 bridgehead atoms. The lowest BCUT2D eigenvalue weighted by molar-refractivity contribution is 0.0998. The van der Waals surface area contributed by atoms with Gasteiger partial charge in [0.25, 0.3) is 0 Å². The molecule has 2 aliphatic rings. The lowest BCUT2D eigenvalue weighted by Gasteiger charge is -2.46. The fourth-order valence-corrected chi connectivity index (χ4v) is 3.12. The molecule has 0 aromatic rings. The van der Waals surface area contributed by atoms with E-state index in [1.54, 1.807) is 0 Å². The molecule has 1 saturated heterocycles. The van der Waals surface area contributed by atoms with Gasteiger partial charge in [0.2, 0.25) is 0 Å². The SMILES string of the molecule is CC(C)(C)C1(CC2CCC2)CCCN1. The highest BCUT2D eigenvalue weighted by molar-refractivity contribution is 5.03. The molecule has 14 heavy (non-hydrogen) atoms. The summed E-state index contributed by atoms with van der Waals surface area (Å²) in [6, 6.07) is 0. The molecule has 82 valence electrons. The Hall–Kier alpha value is -0.0400. The Morgan fingerprint density at radius 3 is 2.29 bits per heavy atom. The Labute approximate surface area is 88.7 Å². The van der Waals surface area contributed by atoms with Crippen LogP contribution in [0.2, 0.25) is 0 Å². The van der Waals surface area contributed by atoms with Gasteiger partial charge in [0, 0.05) is 5.54 Å². The van der Waals surface area contributed by atoms with Gasteiger partial charge < -0.3 is 5.32 Å². The topological polar surface area (TPSA) is 12.0 Å². The Balaban J connectivity index is 2.05. The summed E-state index contributed by atoms with van der Waals surface area (Å²) in [6.45, 7) is 8.46. The molecule has 1 N–H and O–H groups in total. The number of nitrogens with one attached hydrogen (secondary N) is 1. The molecule has 1 atom stereocenters. The minimum absolute atomic E-state index is 0.430. The van der Waals surface area contributed by atoms with Crippen molar-refractivity contribution in [3.05, 3.63) is 0 Å². The molecule has 1 saturated carbocycles. The monoisotopic (exact) mass is 195 g/mol. The maximum Gasteiger partial charge on any atom is 0.0232 e. The van der Waals surface area contributed by atoms with Crippen molar-refractivity contribution in [2.24, 2.45) is 11.3 Å². The van der Waals surface area contributed by atoms with Crippen LogP contribution in [0.4, 0.5) is 0 Å². The zero-order valence-electron chi connectivity index (χ0n) is 10.0. The lowest BCUT2D eigenvalue weighted by Crippen LogP contribution is -2.52. The zero-order chi connectivity index (χ0) is 10.2. The van der Waals surface area contributed by atoms with Gasteiger partial charge >= 0.3 is 0 Å². The highest BCUT2D eigenvalue weighted by Gasteiger charge is 2.45. The molecule has 1 nitrogen and oxygen atoms in total. The van der Waals surface area contributed by atoms with E-state index in [1.165, 1.54) is 45.1 Å². The maximum absolute atomic E-state index is 3.81. The summed E-state index contributed by atoms with van der Waals surface area (Å²) < 4.78 is 0. The van der Waals surface area contributed by atoms with Gasteiger partial charge in [0.1, 0.15) is 0 Å². The first-order valence-electron chi connectivity index (χ1n) is 6.29. The van der Waals surface area contributed by atoms with Crippen molar-refractivity contribution in [3.63, 3.8) is 0 Å². The predicted molar refractivity (Wildman–Crippen MR) is 61.4 cm³/mol. The molecule has 1 aliphatic carbocycles. The number of hydrogen-bond acceptors (Lipinski definition) is 1. The largest absolute Gasteiger partial charge is 0.311 e. The van der Waals surface area contributed by atoms with E-state index in [0.29, 0.717) is 11.0 Å². The minimum atomic E-state index is 0.430. The van der Waals surface area contributed by atoms with Crippen LogP contribution in [0, 0.1) is 11.3 Å². The molecule has 0 spiro atoms. The quantitative estimate of drug-likeness (QED) is 0.712. The molecule has 1 heterocycles. The molecule has 0 radical (unpaired) electrons. The first-order valence-corrected chi connectivity index (χ1v) is 6.29. The van der Waals surface area contributed by atoms with Gasteiger partial charge in [0.15, 0.2) is 0 Å². The summed E-state index contributed by atoms with van der Waals surface area (Å²) in [4.78, 5) is 0. The Morgan fingerprint density at radius 2 is 1.93 bits per heavy atom. The van der Waals surface area contributed by atoms with Gasteiger partial charge in [-0.05, 0) is 37.1 Å². The minimum Gasteiger partial charge on any atom is -0.311 e. The van der Waals surface area contributed by atoms with Crippen molar-refractivity contribution in [1.82, 2.24) is 5.32 Å². The van der Waals surface area contributed by atoms with Crippen molar-refractivity contribution in [2.45, 2.75) is 64.8 Å². The second-order valence-electron chi connectivity index (χ2n) is 6.36.